The Hall–Kier alpha value is -1.15. The predicted molar refractivity (Wildman–Crippen MR) is 64.7 cm³/mol. The number of nitrogens with one attached hydrogen (secondary N) is 1. The Bertz CT molecular complexity index is 378. The fourth-order valence-corrected chi connectivity index (χ4v) is 2.08. The monoisotopic (exact) mass is 281 g/mol. The molecule has 18 heavy (non-hydrogen) atoms. The largest absolute Gasteiger partial charge is 0.481 e. The second kappa shape index (κ2) is 8.04. The lowest BCUT2D eigenvalue weighted by atomic mass is 10.2. The van der Waals surface area contributed by atoms with E-state index >= 15 is 0 Å². The highest BCUT2D eigenvalue weighted by atomic mass is 32.2. The van der Waals surface area contributed by atoms with Crippen molar-refractivity contribution in [1.82, 2.24) is 5.32 Å². The van der Waals surface area contributed by atoms with E-state index in [9.17, 15) is 18.0 Å². The van der Waals surface area contributed by atoms with E-state index in [1.54, 1.807) is 0 Å². The first-order chi connectivity index (χ1) is 8.29. The van der Waals surface area contributed by atoms with Crippen LogP contribution in [0.2, 0.25) is 0 Å². The Kier molecular flexibility index (Phi) is 7.53. The number of unbranched alkanes of at least 4 members (excludes halogenated alkanes) is 3. The highest BCUT2D eigenvalue weighted by Crippen LogP contribution is 2.05. The zero-order chi connectivity index (χ0) is 14.2. The van der Waals surface area contributed by atoms with Crippen LogP contribution in [0, 0.1) is 0 Å². The van der Waals surface area contributed by atoms with E-state index in [0.717, 1.165) is 19.3 Å². The lowest BCUT2D eigenvalue weighted by Crippen LogP contribution is -2.41. The van der Waals surface area contributed by atoms with Crippen LogP contribution in [-0.4, -0.2) is 41.7 Å². The third-order valence-electron chi connectivity index (χ3n) is 2.34. The lowest BCUT2D eigenvalue weighted by Gasteiger charge is -2.11. The predicted octanol–water partition coefficient (Wildman–Crippen LogP) is 0.414. The summed E-state index contributed by atoms with van der Waals surface area (Å²) < 4.78 is 30.5. The number of carbonyl (C=O) groups is 2. The maximum Gasteiger partial charge on any atom is 0.305 e. The number of rotatable bonds is 9. The number of carboxylic acids is 1. The maximum atomic E-state index is 11.4. The van der Waals surface area contributed by atoms with Gasteiger partial charge in [-0.25, -0.2) is 0 Å². The van der Waals surface area contributed by atoms with Crippen molar-refractivity contribution in [2.75, 3.05) is 6.54 Å². The number of hydrogen-bond acceptors (Lipinski definition) is 4. The summed E-state index contributed by atoms with van der Waals surface area (Å²) in [6.45, 7) is 2.30. The topological polar surface area (TPSA) is 121 Å². The smallest absolute Gasteiger partial charge is 0.305 e. The molecule has 0 aliphatic heterocycles. The van der Waals surface area contributed by atoms with Crippen molar-refractivity contribution in [3.05, 3.63) is 0 Å². The number of carboxylic acid groups (broad SMARTS) is 1. The van der Waals surface area contributed by atoms with Gasteiger partial charge in [0, 0.05) is 6.54 Å². The molecule has 0 rings (SSSR count). The molecule has 8 heteroatoms. The first kappa shape index (κ1) is 16.9. The van der Waals surface area contributed by atoms with Gasteiger partial charge in [0.05, 0.1) is 6.42 Å². The minimum Gasteiger partial charge on any atom is -0.481 e. The van der Waals surface area contributed by atoms with E-state index in [-0.39, 0.29) is 6.54 Å². The van der Waals surface area contributed by atoms with Gasteiger partial charge >= 0.3 is 5.97 Å². The summed E-state index contributed by atoms with van der Waals surface area (Å²) in [5.74, 6) is -2.44. The molecule has 106 valence electrons. The van der Waals surface area contributed by atoms with Gasteiger partial charge in [0.1, 0.15) is 0 Å². The second-order valence-electron chi connectivity index (χ2n) is 3.95. The van der Waals surface area contributed by atoms with Gasteiger partial charge in [-0.2, -0.15) is 8.42 Å². The Labute approximate surface area is 106 Å². The third-order valence-corrected chi connectivity index (χ3v) is 3.44. The van der Waals surface area contributed by atoms with E-state index in [1.165, 1.54) is 0 Å². The zero-order valence-electron chi connectivity index (χ0n) is 10.3. The summed E-state index contributed by atoms with van der Waals surface area (Å²) in [6.07, 6.45) is 2.67. The van der Waals surface area contributed by atoms with Crippen molar-refractivity contribution in [2.45, 2.75) is 44.3 Å². The van der Waals surface area contributed by atoms with Crippen LogP contribution in [0.1, 0.15) is 39.0 Å². The number of hydrogen-bond donors (Lipinski definition) is 3. The molecular weight excluding hydrogens is 262 g/mol. The Balaban J connectivity index is 4.28. The molecule has 1 atom stereocenters. The van der Waals surface area contributed by atoms with Gasteiger partial charge in [-0.05, 0) is 6.42 Å². The first-order valence-electron chi connectivity index (χ1n) is 5.74. The molecule has 0 fully saturated rings. The van der Waals surface area contributed by atoms with Crippen LogP contribution in [0.5, 0.6) is 0 Å². The van der Waals surface area contributed by atoms with Crippen LogP contribution < -0.4 is 5.32 Å². The molecular formula is C10H19NO6S. The van der Waals surface area contributed by atoms with Gasteiger partial charge in [0.25, 0.3) is 10.1 Å². The van der Waals surface area contributed by atoms with Crippen LogP contribution in [-0.2, 0) is 19.7 Å². The normalized spacial score (nSPS) is 13.0. The van der Waals surface area contributed by atoms with Gasteiger partial charge in [0.15, 0.2) is 5.25 Å². The number of carbonyl (C=O) groups excluding carboxylic acids is 1. The maximum absolute atomic E-state index is 11.4. The summed E-state index contributed by atoms with van der Waals surface area (Å²) in [5, 5.41) is 8.85. The van der Waals surface area contributed by atoms with Crippen LogP contribution in [0.25, 0.3) is 0 Å². The van der Waals surface area contributed by atoms with Crippen molar-refractivity contribution in [2.24, 2.45) is 0 Å². The molecule has 7 nitrogen and oxygen atoms in total. The SMILES string of the molecule is CCCCCCNC(=O)C(CC(=O)O)S(=O)(=O)O. The second-order valence-corrected chi connectivity index (χ2v) is 5.55. The molecule has 0 saturated carbocycles. The third kappa shape index (κ3) is 7.23. The van der Waals surface area contributed by atoms with Crippen LogP contribution in [0.4, 0.5) is 0 Å². The highest BCUT2D eigenvalue weighted by Gasteiger charge is 2.33. The van der Waals surface area contributed by atoms with Crippen molar-refractivity contribution in [1.29, 1.82) is 0 Å². The molecule has 0 radical (unpaired) electrons. The Morgan fingerprint density at radius 2 is 1.83 bits per heavy atom. The molecule has 0 saturated heterocycles. The van der Waals surface area contributed by atoms with E-state index < -0.39 is 33.7 Å². The summed E-state index contributed by atoms with van der Waals surface area (Å²) in [4.78, 5) is 21.9. The molecule has 0 spiro atoms. The molecule has 0 bridgehead atoms. The summed E-state index contributed by atoms with van der Waals surface area (Å²) in [7, 11) is -4.70. The number of aliphatic carboxylic acids is 1. The van der Waals surface area contributed by atoms with E-state index in [1.807, 2.05) is 6.92 Å². The van der Waals surface area contributed by atoms with Gasteiger partial charge < -0.3 is 10.4 Å². The van der Waals surface area contributed by atoms with Gasteiger partial charge in [-0.1, -0.05) is 26.2 Å². The molecule has 0 aliphatic carbocycles. The molecule has 0 heterocycles. The molecule has 1 unspecified atom stereocenters. The van der Waals surface area contributed by atoms with Crippen LogP contribution >= 0.6 is 0 Å². The van der Waals surface area contributed by atoms with Gasteiger partial charge in [0.2, 0.25) is 5.91 Å². The number of amides is 1. The summed E-state index contributed by atoms with van der Waals surface area (Å²) >= 11 is 0. The van der Waals surface area contributed by atoms with Crippen molar-refractivity contribution in [3.63, 3.8) is 0 Å². The van der Waals surface area contributed by atoms with E-state index in [0.29, 0.717) is 6.42 Å². The quantitative estimate of drug-likeness (QED) is 0.416. The fraction of sp³-hybridized carbons (Fsp3) is 0.800. The minimum absolute atomic E-state index is 0.268. The molecule has 0 aromatic rings. The summed E-state index contributed by atoms with van der Waals surface area (Å²) in [6, 6.07) is 0. The van der Waals surface area contributed by atoms with Gasteiger partial charge in [-0.15, -0.1) is 0 Å². The Morgan fingerprint density at radius 3 is 2.28 bits per heavy atom. The molecule has 0 aromatic heterocycles. The molecule has 0 aromatic carbocycles. The first-order valence-corrected chi connectivity index (χ1v) is 7.25. The van der Waals surface area contributed by atoms with Crippen molar-refractivity contribution >= 4 is 22.0 Å². The lowest BCUT2D eigenvalue weighted by molar-refractivity contribution is -0.138. The molecule has 1 amide bonds. The average Bonchev–Trinajstić information content (AvgIpc) is 2.23. The van der Waals surface area contributed by atoms with Crippen molar-refractivity contribution in [3.8, 4) is 0 Å². The average molecular weight is 281 g/mol. The Morgan fingerprint density at radius 1 is 1.22 bits per heavy atom. The standard InChI is InChI=1S/C10H19NO6S/c1-2-3-4-5-6-11-10(14)8(7-9(12)13)18(15,16)17/h8H,2-7H2,1H3,(H,11,14)(H,12,13)(H,15,16,17). The van der Waals surface area contributed by atoms with E-state index in [4.69, 9.17) is 9.66 Å². The minimum atomic E-state index is -4.70. The molecule has 3 N–H and O–H groups in total. The van der Waals surface area contributed by atoms with E-state index in [2.05, 4.69) is 5.32 Å². The highest BCUT2D eigenvalue weighted by molar-refractivity contribution is 7.87. The summed E-state index contributed by atoms with van der Waals surface area (Å²) in [5.41, 5.74) is 0. The fourth-order valence-electron chi connectivity index (χ4n) is 1.37. The van der Waals surface area contributed by atoms with Crippen LogP contribution in [0.3, 0.4) is 0 Å². The van der Waals surface area contributed by atoms with Crippen LogP contribution in [0.15, 0.2) is 0 Å². The molecule has 0 aliphatic rings. The van der Waals surface area contributed by atoms with Crippen molar-refractivity contribution < 1.29 is 27.7 Å². The van der Waals surface area contributed by atoms with Gasteiger partial charge in [-0.3, -0.25) is 14.1 Å². The zero-order valence-corrected chi connectivity index (χ0v) is 11.1.